The molecule has 5 nitrogen and oxygen atoms in total. The molecule has 7 heteroatoms. The lowest BCUT2D eigenvalue weighted by molar-refractivity contribution is -0.00915. The second-order valence-electron chi connectivity index (χ2n) is 6.94. The Labute approximate surface area is 155 Å². The number of hydrogen-bond donors (Lipinski definition) is 0. The number of aromatic nitrogens is 2. The van der Waals surface area contributed by atoms with Crippen LogP contribution in [0.4, 0.5) is 8.78 Å². The summed E-state index contributed by atoms with van der Waals surface area (Å²) in [6, 6.07) is 1.81. The zero-order chi connectivity index (χ0) is 19.2. The summed E-state index contributed by atoms with van der Waals surface area (Å²) in [6.45, 7) is 10.4. The Kier molecular flexibility index (Phi) is 7.70. The smallest absolute Gasteiger partial charge is 0.297 e. The van der Waals surface area contributed by atoms with Crippen LogP contribution in [0.3, 0.4) is 0 Å². The normalized spacial score (nSPS) is 25.3. The first-order valence-electron chi connectivity index (χ1n) is 9.62. The summed E-state index contributed by atoms with van der Waals surface area (Å²) in [5.41, 5.74) is 0.123. The maximum Gasteiger partial charge on any atom is 0.297 e. The van der Waals surface area contributed by atoms with Gasteiger partial charge in [0.25, 0.3) is 6.43 Å². The highest BCUT2D eigenvalue weighted by Gasteiger charge is 2.49. The van der Waals surface area contributed by atoms with Gasteiger partial charge in [0.1, 0.15) is 6.61 Å². The van der Waals surface area contributed by atoms with Crippen LogP contribution in [-0.2, 0) is 4.74 Å². The van der Waals surface area contributed by atoms with Crippen molar-refractivity contribution in [3.8, 4) is 5.88 Å². The van der Waals surface area contributed by atoms with Gasteiger partial charge in [0.15, 0.2) is 5.82 Å². The summed E-state index contributed by atoms with van der Waals surface area (Å²) in [5.74, 6) is -0.268. The second-order valence-corrected chi connectivity index (χ2v) is 6.94. The van der Waals surface area contributed by atoms with Gasteiger partial charge in [0, 0.05) is 23.8 Å². The maximum absolute atomic E-state index is 12.7. The minimum Gasteiger partial charge on any atom is -0.476 e. The molecule has 3 heterocycles. The average molecular weight is 371 g/mol. The molecule has 148 valence electrons. The highest BCUT2D eigenvalue weighted by molar-refractivity contribution is 5.10. The fourth-order valence-electron chi connectivity index (χ4n) is 3.83. The first-order chi connectivity index (χ1) is 12.5. The monoisotopic (exact) mass is 371 g/mol. The van der Waals surface area contributed by atoms with E-state index in [0.29, 0.717) is 6.61 Å². The topological polar surface area (TPSA) is 47.5 Å². The lowest BCUT2D eigenvalue weighted by Gasteiger charge is -2.35. The number of fused-ring (bicyclic) bond motifs is 1. The Hall–Kier alpha value is -1.34. The summed E-state index contributed by atoms with van der Waals surface area (Å²) >= 11 is 0. The Morgan fingerprint density at radius 3 is 2.77 bits per heavy atom. The molecule has 2 unspecified atom stereocenters. The van der Waals surface area contributed by atoms with Crippen molar-refractivity contribution in [2.45, 2.75) is 77.5 Å². The molecular formula is C19H31F2N3O2. The molecule has 2 aliphatic rings. The largest absolute Gasteiger partial charge is 0.476 e. The number of nitrogens with zero attached hydrogens (tertiary/aromatic N) is 3. The molecule has 2 aliphatic heterocycles. The van der Waals surface area contributed by atoms with E-state index in [-0.39, 0.29) is 23.6 Å². The molecule has 3 rings (SSSR count). The zero-order valence-corrected chi connectivity index (χ0v) is 16.3. The molecule has 26 heavy (non-hydrogen) atoms. The van der Waals surface area contributed by atoms with Gasteiger partial charge < -0.3 is 9.47 Å². The number of alkyl halides is 2. The Morgan fingerprint density at radius 1 is 1.31 bits per heavy atom. The molecule has 2 fully saturated rings. The molecule has 0 radical (unpaired) electrons. The van der Waals surface area contributed by atoms with Crippen LogP contribution >= 0.6 is 0 Å². The fraction of sp³-hybridized carbons (Fsp3) is 0.789. The Morgan fingerprint density at radius 2 is 2.08 bits per heavy atom. The molecule has 0 aromatic carbocycles. The third-order valence-corrected chi connectivity index (χ3v) is 4.99. The number of hydrogen-bond acceptors (Lipinski definition) is 5. The summed E-state index contributed by atoms with van der Waals surface area (Å²) in [7, 11) is 0. The first-order valence-corrected chi connectivity index (χ1v) is 9.62. The van der Waals surface area contributed by atoms with Crippen molar-refractivity contribution >= 4 is 0 Å². The van der Waals surface area contributed by atoms with Crippen LogP contribution in [0.5, 0.6) is 5.88 Å². The highest BCUT2D eigenvalue weighted by Crippen LogP contribution is 2.42. The molecule has 0 spiro atoms. The van der Waals surface area contributed by atoms with Crippen LogP contribution in [0.1, 0.15) is 65.6 Å². The van der Waals surface area contributed by atoms with E-state index in [9.17, 15) is 8.78 Å². The number of ether oxygens (including phenoxy) is 2. The Bertz CT molecular complexity index is 559. The summed E-state index contributed by atoms with van der Waals surface area (Å²) in [6.07, 6.45) is 3.31. The molecule has 2 atom stereocenters. The predicted octanol–water partition coefficient (Wildman–Crippen LogP) is 4.24. The van der Waals surface area contributed by atoms with Crippen molar-refractivity contribution in [3.63, 3.8) is 0 Å². The quantitative estimate of drug-likeness (QED) is 0.717. The minimum absolute atomic E-state index is 0.123. The van der Waals surface area contributed by atoms with Crippen molar-refractivity contribution in [3.05, 3.63) is 18.1 Å². The van der Waals surface area contributed by atoms with Gasteiger partial charge in [0.05, 0.1) is 12.7 Å². The number of rotatable bonds is 7. The molecular weight excluding hydrogens is 340 g/mol. The molecule has 2 saturated heterocycles. The van der Waals surface area contributed by atoms with E-state index in [0.717, 1.165) is 32.4 Å². The van der Waals surface area contributed by atoms with Crippen molar-refractivity contribution in [1.82, 2.24) is 14.9 Å². The van der Waals surface area contributed by atoms with Gasteiger partial charge >= 0.3 is 0 Å². The number of halogens is 2. The average Bonchev–Trinajstić information content (AvgIpc) is 3.20. The third-order valence-electron chi connectivity index (χ3n) is 4.99. The van der Waals surface area contributed by atoms with Gasteiger partial charge in [-0.3, -0.25) is 4.90 Å². The summed E-state index contributed by atoms with van der Waals surface area (Å²) in [5, 5.41) is 0. The van der Waals surface area contributed by atoms with Crippen molar-refractivity contribution < 1.29 is 18.3 Å². The van der Waals surface area contributed by atoms with Crippen LogP contribution in [-0.4, -0.2) is 52.3 Å². The van der Waals surface area contributed by atoms with Gasteiger partial charge in [0.2, 0.25) is 5.88 Å². The predicted molar refractivity (Wildman–Crippen MR) is 96.6 cm³/mol. The third kappa shape index (κ3) is 4.88. The SMILES string of the molecule is CC.CC(C)OCC12CCCN1C(COc1ccnc(C(F)F)n1)CC2. The molecule has 1 aromatic heterocycles. The second kappa shape index (κ2) is 9.55. The van der Waals surface area contributed by atoms with E-state index >= 15 is 0 Å². The van der Waals surface area contributed by atoms with E-state index in [2.05, 4.69) is 28.7 Å². The molecule has 0 amide bonds. The van der Waals surface area contributed by atoms with E-state index in [1.807, 2.05) is 13.8 Å². The van der Waals surface area contributed by atoms with Crippen LogP contribution in [0.2, 0.25) is 0 Å². The van der Waals surface area contributed by atoms with E-state index in [1.165, 1.54) is 18.7 Å². The van der Waals surface area contributed by atoms with Gasteiger partial charge in [-0.25, -0.2) is 13.8 Å². The van der Waals surface area contributed by atoms with Crippen molar-refractivity contribution in [2.75, 3.05) is 19.8 Å². The molecule has 0 N–H and O–H groups in total. The van der Waals surface area contributed by atoms with Crippen molar-refractivity contribution in [2.24, 2.45) is 0 Å². The molecule has 1 aromatic rings. The lowest BCUT2D eigenvalue weighted by Crippen LogP contribution is -2.47. The lowest BCUT2D eigenvalue weighted by atomic mass is 9.95. The maximum atomic E-state index is 12.7. The van der Waals surface area contributed by atoms with Gasteiger partial charge in [-0.1, -0.05) is 13.8 Å². The van der Waals surface area contributed by atoms with Crippen LogP contribution in [0.25, 0.3) is 0 Å². The zero-order valence-electron chi connectivity index (χ0n) is 16.3. The highest BCUT2D eigenvalue weighted by atomic mass is 19.3. The molecule has 0 saturated carbocycles. The van der Waals surface area contributed by atoms with E-state index < -0.39 is 12.2 Å². The van der Waals surface area contributed by atoms with Crippen molar-refractivity contribution in [1.29, 1.82) is 0 Å². The van der Waals surface area contributed by atoms with Gasteiger partial charge in [-0.15, -0.1) is 0 Å². The standard InChI is InChI=1S/C17H25F2N3O2.C2H6/c1-12(2)24-11-17-6-3-9-22(17)13(4-7-17)10-23-14-5-8-20-16(21-14)15(18)19;1-2/h5,8,12-13,15H,3-4,6-7,9-11H2,1-2H3;1-2H3. The van der Waals surface area contributed by atoms with Gasteiger partial charge in [-0.2, -0.15) is 4.98 Å². The van der Waals surface area contributed by atoms with Crippen LogP contribution in [0.15, 0.2) is 12.3 Å². The summed E-state index contributed by atoms with van der Waals surface area (Å²) < 4.78 is 36.9. The van der Waals surface area contributed by atoms with Crippen LogP contribution < -0.4 is 4.74 Å². The molecule has 0 bridgehead atoms. The fourth-order valence-corrected chi connectivity index (χ4v) is 3.83. The minimum atomic E-state index is -2.68. The van der Waals surface area contributed by atoms with Crippen LogP contribution in [0, 0.1) is 0 Å². The molecule has 0 aliphatic carbocycles. The summed E-state index contributed by atoms with van der Waals surface area (Å²) in [4.78, 5) is 9.82. The first kappa shape index (κ1) is 21.0. The Balaban J connectivity index is 0.00000117. The van der Waals surface area contributed by atoms with E-state index in [4.69, 9.17) is 9.47 Å². The van der Waals surface area contributed by atoms with E-state index in [1.54, 1.807) is 0 Å². The van der Waals surface area contributed by atoms with Gasteiger partial charge in [-0.05, 0) is 46.1 Å².